The average molecular weight is 249 g/mol. The highest BCUT2D eigenvalue weighted by atomic mass is 79.9. The molecule has 0 heterocycles. The summed E-state index contributed by atoms with van der Waals surface area (Å²) in [5.74, 6) is 0. The van der Waals surface area contributed by atoms with Crippen molar-refractivity contribution in [2.75, 3.05) is 0 Å². The fraction of sp³-hybridized carbons (Fsp3) is 0.143. The van der Waals surface area contributed by atoms with Gasteiger partial charge in [0.25, 0.3) is 0 Å². The number of hydrogen-bond acceptors (Lipinski definition) is 2. The van der Waals surface area contributed by atoms with Crippen molar-refractivity contribution in [2.45, 2.75) is 6.92 Å². The highest BCUT2D eigenvalue weighted by molar-refractivity contribution is 9.10. The SMILES string of the molecule is Cc1cc(Br)c(Cl)cc1B(O)O. The first-order chi connectivity index (χ1) is 5.52. The molecule has 1 rings (SSSR count). The van der Waals surface area contributed by atoms with Crippen LogP contribution in [0.1, 0.15) is 5.56 Å². The Bertz CT molecular complexity index is 304. The molecule has 2 N–H and O–H groups in total. The molecule has 0 saturated carbocycles. The maximum absolute atomic E-state index is 8.90. The van der Waals surface area contributed by atoms with Crippen LogP contribution in [0.4, 0.5) is 0 Å². The summed E-state index contributed by atoms with van der Waals surface area (Å²) < 4.78 is 0.756. The minimum atomic E-state index is -1.46. The van der Waals surface area contributed by atoms with Crippen molar-refractivity contribution in [3.05, 3.63) is 27.2 Å². The second-order valence-corrected chi connectivity index (χ2v) is 3.76. The van der Waals surface area contributed by atoms with E-state index in [0.29, 0.717) is 10.5 Å². The van der Waals surface area contributed by atoms with E-state index in [2.05, 4.69) is 15.9 Å². The van der Waals surface area contributed by atoms with Gasteiger partial charge in [0.2, 0.25) is 0 Å². The van der Waals surface area contributed by atoms with E-state index in [-0.39, 0.29) is 0 Å². The Kier molecular flexibility index (Phi) is 3.18. The maximum atomic E-state index is 8.90. The molecule has 0 atom stereocenters. The average Bonchev–Trinajstić information content (AvgIpc) is 1.96. The quantitative estimate of drug-likeness (QED) is 0.731. The molecule has 0 aliphatic carbocycles. The van der Waals surface area contributed by atoms with E-state index >= 15 is 0 Å². The highest BCUT2D eigenvalue weighted by Gasteiger charge is 2.15. The molecule has 0 radical (unpaired) electrons. The summed E-state index contributed by atoms with van der Waals surface area (Å²) in [7, 11) is -1.46. The van der Waals surface area contributed by atoms with Gasteiger partial charge >= 0.3 is 7.12 Å². The van der Waals surface area contributed by atoms with Crippen LogP contribution < -0.4 is 5.46 Å². The molecule has 0 aliphatic rings. The van der Waals surface area contributed by atoms with E-state index in [0.717, 1.165) is 10.0 Å². The van der Waals surface area contributed by atoms with Crippen LogP contribution in [-0.2, 0) is 0 Å². The standard InChI is InChI=1S/C7H7BBrClO2/c1-4-2-6(9)7(10)3-5(4)8(11)12/h2-3,11-12H,1H3. The van der Waals surface area contributed by atoms with Crippen molar-refractivity contribution in [1.82, 2.24) is 0 Å². The predicted octanol–water partition coefficient (Wildman–Crippen LogP) is 1.09. The normalized spacial score (nSPS) is 10.1. The lowest BCUT2D eigenvalue weighted by molar-refractivity contribution is 0.425. The van der Waals surface area contributed by atoms with Gasteiger partial charge in [0.1, 0.15) is 0 Å². The second kappa shape index (κ2) is 3.79. The number of benzene rings is 1. The van der Waals surface area contributed by atoms with Crippen LogP contribution in [0, 0.1) is 6.92 Å². The van der Waals surface area contributed by atoms with E-state index in [1.807, 2.05) is 0 Å². The summed E-state index contributed by atoms with van der Waals surface area (Å²) in [5, 5.41) is 18.3. The summed E-state index contributed by atoms with van der Waals surface area (Å²) in [6.45, 7) is 1.79. The van der Waals surface area contributed by atoms with Gasteiger partial charge in [-0.2, -0.15) is 0 Å². The molecule has 12 heavy (non-hydrogen) atoms. The van der Waals surface area contributed by atoms with Crippen molar-refractivity contribution in [3.63, 3.8) is 0 Å². The van der Waals surface area contributed by atoms with Gasteiger partial charge in [-0.05, 0) is 40.4 Å². The van der Waals surface area contributed by atoms with E-state index in [4.69, 9.17) is 21.6 Å². The Hall–Kier alpha value is -0.0251. The van der Waals surface area contributed by atoms with Crippen molar-refractivity contribution in [3.8, 4) is 0 Å². The summed E-state index contributed by atoms with van der Waals surface area (Å²) in [6.07, 6.45) is 0. The molecule has 0 aliphatic heterocycles. The molecular weight excluding hydrogens is 242 g/mol. The summed E-state index contributed by atoms with van der Waals surface area (Å²) in [6, 6.07) is 3.28. The number of halogens is 2. The molecule has 0 fully saturated rings. The molecule has 2 nitrogen and oxygen atoms in total. The van der Waals surface area contributed by atoms with Crippen LogP contribution in [0.5, 0.6) is 0 Å². The van der Waals surface area contributed by atoms with Gasteiger partial charge in [0, 0.05) is 4.47 Å². The fourth-order valence-corrected chi connectivity index (χ4v) is 1.57. The van der Waals surface area contributed by atoms with Crippen molar-refractivity contribution in [2.24, 2.45) is 0 Å². The van der Waals surface area contributed by atoms with Gasteiger partial charge in [-0.3, -0.25) is 0 Å². The van der Waals surface area contributed by atoms with Gasteiger partial charge in [0.15, 0.2) is 0 Å². The molecule has 0 bridgehead atoms. The van der Waals surface area contributed by atoms with E-state index in [1.165, 1.54) is 6.07 Å². The third kappa shape index (κ3) is 2.01. The third-order valence-electron chi connectivity index (χ3n) is 1.59. The second-order valence-electron chi connectivity index (χ2n) is 2.50. The van der Waals surface area contributed by atoms with Crippen LogP contribution in [0.25, 0.3) is 0 Å². The molecule has 5 heteroatoms. The van der Waals surface area contributed by atoms with Gasteiger partial charge in [-0.15, -0.1) is 0 Å². The Balaban J connectivity index is 3.23. The monoisotopic (exact) mass is 248 g/mol. The smallest absolute Gasteiger partial charge is 0.423 e. The Morgan fingerprint density at radius 3 is 2.50 bits per heavy atom. The molecule has 1 aromatic rings. The summed E-state index contributed by atoms with van der Waals surface area (Å²) in [5.41, 5.74) is 1.23. The van der Waals surface area contributed by atoms with E-state index < -0.39 is 7.12 Å². The first-order valence-corrected chi connectivity index (χ1v) is 4.51. The Labute approximate surface area is 84.4 Å². The Morgan fingerprint density at radius 2 is 2.00 bits per heavy atom. The zero-order valence-electron chi connectivity index (χ0n) is 6.38. The summed E-state index contributed by atoms with van der Waals surface area (Å²) in [4.78, 5) is 0. The van der Waals surface area contributed by atoms with E-state index in [1.54, 1.807) is 13.0 Å². The molecule has 64 valence electrons. The zero-order chi connectivity index (χ0) is 9.30. The highest BCUT2D eigenvalue weighted by Crippen LogP contribution is 2.21. The van der Waals surface area contributed by atoms with Crippen LogP contribution in [0.3, 0.4) is 0 Å². The summed E-state index contributed by atoms with van der Waals surface area (Å²) >= 11 is 8.99. The van der Waals surface area contributed by atoms with Crippen LogP contribution in [-0.4, -0.2) is 17.2 Å². The lowest BCUT2D eigenvalue weighted by Crippen LogP contribution is -2.32. The molecule has 0 spiro atoms. The van der Waals surface area contributed by atoms with Gasteiger partial charge < -0.3 is 10.0 Å². The number of rotatable bonds is 1. The van der Waals surface area contributed by atoms with Crippen molar-refractivity contribution in [1.29, 1.82) is 0 Å². The Morgan fingerprint density at radius 1 is 1.42 bits per heavy atom. The first kappa shape index (κ1) is 10.1. The maximum Gasteiger partial charge on any atom is 0.488 e. The van der Waals surface area contributed by atoms with Crippen LogP contribution >= 0.6 is 27.5 Å². The molecule has 0 aromatic heterocycles. The molecule has 0 unspecified atom stereocenters. The van der Waals surface area contributed by atoms with E-state index in [9.17, 15) is 0 Å². The number of hydrogen-bond donors (Lipinski definition) is 2. The van der Waals surface area contributed by atoms with Gasteiger partial charge in [-0.25, -0.2) is 0 Å². The van der Waals surface area contributed by atoms with Crippen LogP contribution in [0.2, 0.25) is 5.02 Å². The molecule has 0 saturated heterocycles. The van der Waals surface area contributed by atoms with Crippen LogP contribution in [0.15, 0.2) is 16.6 Å². The van der Waals surface area contributed by atoms with Crippen molar-refractivity contribution < 1.29 is 10.0 Å². The molecule has 0 amide bonds. The van der Waals surface area contributed by atoms with Gasteiger partial charge in [-0.1, -0.05) is 17.2 Å². The lowest BCUT2D eigenvalue weighted by Gasteiger charge is -2.05. The van der Waals surface area contributed by atoms with Gasteiger partial charge in [0.05, 0.1) is 5.02 Å². The fourth-order valence-electron chi connectivity index (χ4n) is 0.940. The zero-order valence-corrected chi connectivity index (χ0v) is 8.72. The third-order valence-corrected chi connectivity index (χ3v) is 2.78. The first-order valence-electron chi connectivity index (χ1n) is 3.34. The molecule has 1 aromatic carbocycles. The minimum Gasteiger partial charge on any atom is -0.423 e. The topological polar surface area (TPSA) is 40.5 Å². The predicted molar refractivity (Wildman–Crippen MR) is 53.7 cm³/mol. The largest absolute Gasteiger partial charge is 0.488 e. The minimum absolute atomic E-state index is 0.434. The number of aryl methyl sites for hydroxylation is 1. The molecular formula is C7H7BBrClO2. The lowest BCUT2D eigenvalue weighted by atomic mass is 9.77. The van der Waals surface area contributed by atoms with Crippen molar-refractivity contribution >= 4 is 40.1 Å².